The van der Waals surface area contributed by atoms with Crippen LogP contribution in [0.5, 0.6) is 0 Å². The molecule has 2 aliphatic rings. The van der Waals surface area contributed by atoms with E-state index in [1.54, 1.807) is 0 Å². The normalized spacial score (nSPS) is 29.5. The summed E-state index contributed by atoms with van der Waals surface area (Å²) in [5, 5.41) is 3.59. The summed E-state index contributed by atoms with van der Waals surface area (Å²) in [4.78, 5) is 0. The second kappa shape index (κ2) is 7.38. The molecule has 2 heteroatoms. The van der Waals surface area contributed by atoms with Crippen LogP contribution >= 0.6 is 0 Å². The molecule has 0 aliphatic heterocycles. The summed E-state index contributed by atoms with van der Waals surface area (Å²) in [5.41, 5.74) is 0. The number of ether oxygens (including phenoxy) is 1. The molecule has 17 heavy (non-hydrogen) atoms. The highest BCUT2D eigenvalue weighted by Gasteiger charge is 2.20. The van der Waals surface area contributed by atoms with E-state index in [0.29, 0.717) is 0 Å². The monoisotopic (exact) mass is 239 g/mol. The van der Waals surface area contributed by atoms with Gasteiger partial charge in [0, 0.05) is 13.2 Å². The van der Waals surface area contributed by atoms with Crippen LogP contribution in [0.3, 0.4) is 0 Å². The van der Waals surface area contributed by atoms with Gasteiger partial charge in [-0.05, 0) is 62.9 Å². The van der Waals surface area contributed by atoms with Crippen LogP contribution in [0.25, 0.3) is 0 Å². The Morgan fingerprint density at radius 2 is 1.71 bits per heavy atom. The van der Waals surface area contributed by atoms with Gasteiger partial charge in [0.1, 0.15) is 0 Å². The van der Waals surface area contributed by atoms with E-state index in [1.807, 2.05) is 0 Å². The molecule has 2 aliphatic carbocycles. The van der Waals surface area contributed by atoms with Gasteiger partial charge in [-0.25, -0.2) is 0 Å². The van der Waals surface area contributed by atoms with Crippen LogP contribution in [0.1, 0.15) is 51.9 Å². The van der Waals surface area contributed by atoms with Gasteiger partial charge in [0.15, 0.2) is 0 Å². The first-order valence-electron chi connectivity index (χ1n) is 7.63. The average Bonchev–Trinajstić information content (AvgIpc) is 3.14. The summed E-state index contributed by atoms with van der Waals surface area (Å²) in [6.45, 7) is 6.72. The Morgan fingerprint density at radius 3 is 2.41 bits per heavy atom. The Bertz CT molecular complexity index is 195. The van der Waals surface area contributed by atoms with Gasteiger partial charge < -0.3 is 10.1 Å². The SMILES string of the molecule is CC1CCC(CNCCCOCC2CC2)CC1. The van der Waals surface area contributed by atoms with Crippen molar-refractivity contribution in [2.75, 3.05) is 26.3 Å². The lowest BCUT2D eigenvalue weighted by molar-refractivity contribution is 0.121. The third-order valence-electron chi connectivity index (χ3n) is 4.26. The predicted molar refractivity (Wildman–Crippen MR) is 72.2 cm³/mol. The fourth-order valence-electron chi connectivity index (χ4n) is 2.67. The summed E-state index contributed by atoms with van der Waals surface area (Å²) in [6.07, 6.45) is 9.74. The lowest BCUT2D eigenvalue weighted by Gasteiger charge is -2.26. The second-order valence-corrected chi connectivity index (χ2v) is 6.20. The van der Waals surface area contributed by atoms with Crippen LogP contribution in [-0.2, 0) is 4.74 Å². The third-order valence-corrected chi connectivity index (χ3v) is 4.26. The van der Waals surface area contributed by atoms with Gasteiger partial charge in [0.25, 0.3) is 0 Å². The number of hydrogen-bond donors (Lipinski definition) is 1. The number of nitrogens with one attached hydrogen (secondary N) is 1. The lowest BCUT2D eigenvalue weighted by Crippen LogP contribution is -2.27. The lowest BCUT2D eigenvalue weighted by atomic mass is 9.83. The van der Waals surface area contributed by atoms with Crippen molar-refractivity contribution in [1.29, 1.82) is 0 Å². The molecule has 0 bridgehead atoms. The molecule has 0 amide bonds. The van der Waals surface area contributed by atoms with E-state index in [0.717, 1.165) is 37.5 Å². The molecule has 2 nitrogen and oxygen atoms in total. The molecule has 0 saturated heterocycles. The van der Waals surface area contributed by atoms with E-state index in [1.165, 1.54) is 51.5 Å². The molecular weight excluding hydrogens is 210 g/mol. The van der Waals surface area contributed by atoms with Crippen molar-refractivity contribution in [3.05, 3.63) is 0 Å². The molecule has 0 aromatic carbocycles. The Labute approximate surface area is 107 Å². The third kappa shape index (κ3) is 5.87. The minimum absolute atomic E-state index is 0.909. The van der Waals surface area contributed by atoms with Crippen LogP contribution in [0.4, 0.5) is 0 Å². The van der Waals surface area contributed by atoms with Crippen LogP contribution < -0.4 is 5.32 Å². The highest BCUT2D eigenvalue weighted by molar-refractivity contribution is 4.72. The fraction of sp³-hybridized carbons (Fsp3) is 1.00. The molecular formula is C15H29NO. The van der Waals surface area contributed by atoms with Gasteiger partial charge in [0.2, 0.25) is 0 Å². The maximum Gasteiger partial charge on any atom is 0.0494 e. The van der Waals surface area contributed by atoms with Crippen LogP contribution in [-0.4, -0.2) is 26.3 Å². The highest BCUT2D eigenvalue weighted by Crippen LogP contribution is 2.29. The zero-order valence-electron chi connectivity index (χ0n) is 11.4. The summed E-state index contributed by atoms with van der Waals surface area (Å²) >= 11 is 0. The molecule has 100 valence electrons. The summed E-state index contributed by atoms with van der Waals surface area (Å²) < 4.78 is 5.62. The van der Waals surface area contributed by atoms with Crippen LogP contribution in [0, 0.1) is 17.8 Å². The van der Waals surface area contributed by atoms with Crippen molar-refractivity contribution in [3.8, 4) is 0 Å². The van der Waals surface area contributed by atoms with Crippen molar-refractivity contribution >= 4 is 0 Å². The van der Waals surface area contributed by atoms with E-state index < -0.39 is 0 Å². The molecule has 0 aromatic rings. The Morgan fingerprint density at radius 1 is 1.00 bits per heavy atom. The van der Waals surface area contributed by atoms with Crippen LogP contribution in [0.2, 0.25) is 0 Å². The molecule has 2 rings (SSSR count). The topological polar surface area (TPSA) is 21.3 Å². The Hall–Kier alpha value is -0.0800. The van der Waals surface area contributed by atoms with Gasteiger partial charge >= 0.3 is 0 Å². The first kappa shape index (κ1) is 13.4. The minimum atomic E-state index is 0.909. The van der Waals surface area contributed by atoms with Gasteiger partial charge in [-0.1, -0.05) is 19.8 Å². The van der Waals surface area contributed by atoms with Crippen molar-refractivity contribution in [1.82, 2.24) is 5.32 Å². The fourth-order valence-corrected chi connectivity index (χ4v) is 2.67. The van der Waals surface area contributed by atoms with Gasteiger partial charge in [0.05, 0.1) is 0 Å². The first-order valence-corrected chi connectivity index (χ1v) is 7.63. The van der Waals surface area contributed by atoms with Gasteiger partial charge in [-0.15, -0.1) is 0 Å². The summed E-state index contributed by atoms with van der Waals surface area (Å²) in [5.74, 6) is 2.83. The van der Waals surface area contributed by atoms with Gasteiger partial charge in [-0.3, -0.25) is 0 Å². The number of hydrogen-bond acceptors (Lipinski definition) is 2. The predicted octanol–water partition coefficient (Wildman–Crippen LogP) is 3.22. The average molecular weight is 239 g/mol. The van der Waals surface area contributed by atoms with E-state index >= 15 is 0 Å². The van der Waals surface area contributed by atoms with Gasteiger partial charge in [-0.2, -0.15) is 0 Å². The van der Waals surface area contributed by atoms with E-state index in [9.17, 15) is 0 Å². The van der Waals surface area contributed by atoms with E-state index in [-0.39, 0.29) is 0 Å². The smallest absolute Gasteiger partial charge is 0.0494 e. The molecule has 1 N–H and O–H groups in total. The second-order valence-electron chi connectivity index (χ2n) is 6.20. The molecule has 0 aromatic heterocycles. The van der Waals surface area contributed by atoms with Crippen LogP contribution in [0.15, 0.2) is 0 Å². The summed E-state index contributed by atoms with van der Waals surface area (Å²) in [6, 6.07) is 0. The zero-order valence-corrected chi connectivity index (χ0v) is 11.4. The summed E-state index contributed by atoms with van der Waals surface area (Å²) in [7, 11) is 0. The standard InChI is InChI=1S/C15H29NO/c1-13-3-5-14(6-4-13)11-16-9-2-10-17-12-15-7-8-15/h13-16H,2-12H2,1H3. The maximum atomic E-state index is 5.62. The quantitative estimate of drug-likeness (QED) is 0.657. The Balaban J connectivity index is 1.35. The Kier molecular flexibility index (Phi) is 5.79. The van der Waals surface area contributed by atoms with Crippen molar-refractivity contribution in [3.63, 3.8) is 0 Å². The molecule has 2 saturated carbocycles. The molecule has 0 spiro atoms. The van der Waals surface area contributed by atoms with Crippen molar-refractivity contribution in [2.24, 2.45) is 17.8 Å². The first-order chi connectivity index (χ1) is 8.34. The van der Waals surface area contributed by atoms with E-state index in [2.05, 4.69) is 12.2 Å². The molecule has 0 unspecified atom stereocenters. The van der Waals surface area contributed by atoms with E-state index in [4.69, 9.17) is 4.74 Å². The molecule has 2 fully saturated rings. The highest BCUT2D eigenvalue weighted by atomic mass is 16.5. The molecule has 0 atom stereocenters. The number of rotatable bonds is 8. The minimum Gasteiger partial charge on any atom is -0.381 e. The van der Waals surface area contributed by atoms with Crippen molar-refractivity contribution in [2.45, 2.75) is 51.9 Å². The van der Waals surface area contributed by atoms with Crippen molar-refractivity contribution < 1.29 is 4.74 Å². The molecule has 0 heterocycles. The molecule has 0 radical (unpaired) electrons. The largest absolute Gasteiger partial charge is 0.381 e. The zero-order chi connectivity index (χ0) is 11.9. The maximum absolute atomic E-state index is 5.62.